The first-order valence-corrected chi connectivity index (χ1v) is 10.8. The van der Waals surface area contributed by atoms with Crippen molar-refractivity contribution in [3.05, 3.63) is 111 Å². The molecule has 0 spiro atoms. The molecule has 30 heavy (non-hydrogen) atoms. The normalized spacial score (nSPS) is 11.1. The minimum Gasteiger partial charge on any atom is -0.488 e. The summed E-state index contributed by atoms with van der Waals surface area (Å²) < 4.78 is 6.95. The molecule has 4 rings (SSSR count). The van der Waals surface area contributed by atoms with Crippen molar-refractivity contribution >= 4 is 44.5 Å². The second-order valence-corrected chi connectivity index (χ2v) is 8.13. The van der Waals surface area contributed by atoms with Crippen LogP contribution in [0.25, 0.3) is 10.8 Å². The van der Waals surface area contributed by atoms with Crippen molar-refractivity contribution in [2.24, 2.45) is 5.10 Å². The van der Waals surface area contributed by atoms with Gasteiger partial charge in [-0.25, -0.2) is 0 Å². The van der Waals surface area contributed by atoms with E-state index in [0.29, 0.717) is 13.2 Å². The summed E-state index contributed by atoms with van der Waals surface area (Å²) in [6.07, 6.45) is 1.79. The lowest BCUT2D eigenvalue weighted by molar-refractivity contribution is 0.305. The van der Waals surface area contributed by atoms with Gasteiger partial charge >= 0.3 is 0 Å². The fourth-order valence-electron chi connectivity index (χ4n) is 3.15. The molecule has 3 nitrogen and oxygen atoms in total. The Morgan fingerprint density at radius 1 is 0.933 bits per heavy atom. The van der Waals surface area contributed by atoms with Crippen LogP contribution in [0.5, 0.6) is 5.75 Å². The van der Waals surface area contributed by atoms with Gasteiger partial charge in [-0.15, -0.1) is 0 Å². The van der Waals surface area contributed by atoms with Crippen molar-refractivity contribution in [2.45, 2.75) is 13.2 Å². The maximum atomic E-state index is 6.06. The van der Waals surface area contributed by atoms with Crippen LogP contribution in [0.1, 0.15) is 16.7 Å². The summed E-state index contributed by atoms with van der Waals surface area (Å²) in [6, 6.07) is 28.2. The Hall–Kier alpha value is -2.82. The third-order valence-electron chi connectivity index (χ3n) is 4.72. The first-order chi connectivity index (χ1) is 14.7. The SMILES string of the molecule is Clc1ccc(CN/N=C\c2ccc(OCc3cccc4ccccc34)c(Br)c2)cc1. The maximum Gasteiger partial charge on any atom is 0.134 e. The first kappa shape index (κ1) is 20.5. The zero-order valence-corrected chi connectivity index (χ0v) is 18.5. The number of hydrogen-bond donors (Lipinski definition) is 1. The lowest BCUT2D eigenvalue weighted by Gasteiger charge is -2.11. The van der Waals surface area contributed by atoms with Gasteiger partial charge in [0.2, 0.25) is 0 Å². The number of hydrazone groups is 1. The molecule has 0 unspecified atom stereocenters. The van der Waals surface area contributed by atoms with Crippen LogP contribution in [0.2, 0.25) is 5.02 Å². The summed E-state index contributed by atoms with van der Waals surface area (Å²) in [5, 5.41) is 7.45. The molecule has 5 heteroatoms. The van der Waals surface area contributed by atoms with Crippen molar-refractivity contribution < 1.29 is 4.74 Å². The molecule has 0 amide bonds. The lowest BCUT2D eigenvalue weighted by atomic mass is 10.1. The largest absolute Gasteiger partial charge is 0.488 e. The number of rotatable bonds is 7. The highest BCUT2D eigenvalue weighted by molar-refractivity contribution is 9.10. The molecule has 0 saturated heterocycles. The van der Waals surface area contributed by atoms with Gasteiger partial charge in [-0.1, -0.05) is 66.2 Å². The van der Waals surface area contributed by atoms with Gasteiger partial charge < -0.3 is 10.2 Å². The molecular weight excluding hydrogens is 460 g/mol. The summed E-state index contributed by atoms with van der Waals surface area (Å²) in [5.74, 6) is 0.800. The molecule has 0 aromatic heterocycles. The quantitative estimate of drug-likeness (QED) is 0.230. The first-order valence-electron chi connectivity index (χ1n) is 9.58. The number of halogens is 2. The predicted octanol–water partition coefficient (Wildman–Crippen LogP) is 6.96. The molecule has 1 N–H and O–H groups in total. The number of benzene rings is 4. The molecule has 0 aliphatic rings. The van der Waals surface area contributed by atoms with E-state index in [9.17, 15) is 0 Å². The van der Waals surface area contributed by atoms with E-state index in [0.717, 1.165) is 31.9 Å². The summed E-state index contributed by atoms with van der Waals surface area (Å²) in [7, 11) is 0. The molecule has 0 aliphatic carbocycles. The average molecular weight is 480 g/mol. The van der Waals surface area contributed by atoms with Gasteiger partial charge in [0.1, 0.15) is 12.4 Å². The van der Waals surface area contributed by atoms with Crippen LogP contribution in [0.3, 0.4) is 0 Å². The van der Waals surface area contributed by atoms with Gasteiger partial charge in [-0.05, 0) is 73.7 Å². The summed E-state index contributed by atoms with van der Waals surface area (Å²) in [5.41, 5.74) is 6.31. The monoisotopic (exact) mass is 478 g/mol. The number of nitrogens with one attached hydrogen (secondary N) is 1. The Balaban J connectivity index is 1.36. The summed E-state index contributed by atoms with van der Waals surface area (Å²) in [6.45, 7) is 1.15. The van der Waals surface area contributed by atoms with E-state index < -0.39 is 0 Å². The van der Waals surface area contributed by atoms with Crippen molar-refractivity contribution in [3.63, 3.8) is 0 Å². The molecule has 0 aliphatic heterocycles. The maximum absolute atomic E-state index is 6.06. The lowest BCUT2D eigenvalue weighted by Crippen LogP contribution is -2.05. The van der Waals surface area contributed by atoms with Crippen LogP contribution in [-0.2, 0) is 13.2 Å². The Bertz CT molecular complexity index is 1170. The molecule has 150 valence electrons. The Labute approximate surface area is 189 Å². The van der Waals surface area contributed by atoms with Crippen molar-refractivity contribution in [3.8, 4) is 5.75 Å². The van der Waals surface area contributed by atoms with Crippen LogP contribution >= 0.6 is 27.5 Å². The summed E-state index contributed by atoms with van der Waals surface area (Å²) >= 11 is 9.50. The Morgan fingerprint density at radius 2 is 1.73 bits per heavy atom. The van der Waals surface area contributed by atoms with Crippen LogP contribution in [0, 0.1) is 0 Å². The molecule has 0 heterocycles. The van der Waals surface area contributed by atoms with Crippen LogP contribution in [0.4, 0.5) is 0 Å². The van der Waals surface area contributed by atoms with Crippen molar-refractivity contribution in [1.29, 1.82) is 0 Å². The van der Waals surface area contributed by atoms with Crippen LogP contribution in [0.15, 0.2) is 94.5 Å². The molecular formula is C25H20BrClN2O. The van der Waals surface area contributed by atoms with Crippen molar-refractivity contribution in [2.75, 3.05) is 0 Å². The van der Waals surface area contributed by atoms with Gasteiger partial charge in [-0.2, -0.15) is 5.10 Å². The molecule has 4 aromatic rings. The van der Waals surface area contributed by atoms with Gasteiger partial charge in [0, 0.05) is 5.02 Å². The smallest absolute Gasteiger partial charge is 0.134 e. The summed E-state index contributed by atoms with van der Waals surface area (Å²) in [4.78, 5) is 0. The predicted molar refractivity (Wildman–Crippen MR) is 128 cm³/mol. The fourth-order valence-corrected chi connectivity index (χ4v) is 3.78. The van der Waals surface area contributed by atoms with Crippen LogP contribution < -0.4 is 10.2 Å². The zero-order valence-electron chi connectivity index (χ0n) is 16.2. The van der Waals surface area contributed by atoms with Crippen LogP contribution in [-0.4, -0.2) is 6.21 Å². The van der Waals surface area contributed by atoms with E-state index in [2.05, 4.69) is 62.9 Å². The van der Waals surface area contributed by atoms with E-state index in [1.807, 2.05) is 48.5 Å². The minimum atomic E-state index is 0.510. The van der Waals surface area contributed by atoms with Gasteiger partial charge in [0.05, 0.1) is 17.2 Å². The topological polar surface area (TPSA) is 33.6 Å². The standard InChI is InChI=1S/C25H20BrClN2O/c26-24-14-19(16-29-28-15-18-8-11-22(27)12-9-18)10-13-25(24)30-17-21-6-3-5-20-4-1-2-7-23(20)21/h1-14,16,28H,15,17H2/b29-16-. The molecule has 0 fully saturated rings. The van der Waals surface area contributed by atoms with E-state index in [1.54, 1.807) is 6.21 Å². The number of fused-ring (bicyclic) bond motifs is 1. The second kappa shape index (κ2) is 9.79. The second-order valence-electron chi connectivity index (χ2n) is 6.84. The molecule has 0 bridgehead atoms. The molecule has 0 radical (unpaired) electrons. The fraction of sp³-hybridized carbons (Fsp3) is 0.0800. The number of ether oxygens (including phenoxy) is 1. The third-order valence-corrected chi connectivity index (χ3v) is 5.59. The zero-order chi connectivity index (χ0) is 20.8. The highest BCUT2D eigenvalue weighted by Gasteiger charge is 2.05. The van der Waals surface area contributed by atoms with E-state index in [1.165, 1.54) is 10.8 Å². The van der Waals surface area contributed by atoms with Gasteiger partial charge in [0.25, 0.3) is 0 Å². The number of nitrogens with zero attached hydrogens (tertiary/aromatic N) is 1. The van der Waals surface area contributed by atoms with Gasteiger partial charge in [-0.3, -0.25) is 0 Å². The highest BCUT2D eigenvalue weighted by Crippen LogP contribution is 2.27. The Kier molecular flexibility index (Phi) is 6.67. The van der Waals surface area contributed by atoms with Crippen molar-refractivity contribution in [1.82, 2.24) is 5.43 Å². The minimum absolute atomic E-state index is 0.510. The third kappa shape index (κ3) is 5.21. The molecule has 4 aromatic carbocycles. The molecule has 0 atom stereocenters. The van der Waals surface area contributed by atoms with Gasteiger partial charge in [0.15, 0.2) is 0 Å². The molecule has 0 saturated carbocycles. The van der Waals surface area contributed by atoms with E-state index in [4.69, 9.17) is 16.3 Å². The number of hydrogen-bond acceptors (Lipinski definition) is 3. The highest BCUT2D eigenvalue weighted by atomic mass is 79.9. The van der Waals surface area contributed by atoms with E-state index in [-0.39, 0.29) is 0 Å². The Morgan fingerprint density at radius 3 is 2.57 bits per heavy atom. The average Bonchev–Trinajstić information content (AvgIpc) is 2.77. The van der Waals surface area contributed by atoms with E-state index >= 15 is 0 Å².